The van der Waals surface area contributed by atoms with E-state index >= 15 is 0 Å². The fourth-order valence-corrected chi connectivity index (χ4v) is 1.67. The number of methoxy groups -OCH3 is 1. The highest BCUT2D eigenvalue weighted by Gasteiger charge is 2.23. The molecule has 96 valence electrons. The second kappa shape index (κ2) is 6.63. The van der Waals surface area contributed by atoms with Crippen LogP contribution in [0.3, 0.4) is 0 Å². The first-order valence-electron chi connectivity index (χ1n) is 5.64. The fourth-order valence-electron chi connectivity index (χ4n) is 1.16. The lowest BCUT2D eigenvalue weighted by Gasteiger charge is -2.16. The molecule has 0 aromatic rings. The molecule has 0 unspecified atom stereocenters. The first kappa shape index (κ1) is 15.9. The van der Waals surface area contributed by atoms with Crippen molar-refractivity contribution in [2.75, 3.05) is 7.11 Å². The predicted octanol–water partition coefficient (Wildman–Crippen LogP) is 1.98. The molecule has 0 saturated carbocycles. The molecular formula is C13H22O3Si. The summed E-state index contributed by atoms with van der Waals surface area (Å²) in [6.45, 7) is 9.85. The first-order valence-corrected chi connectivity index (χ1v) is 9.14. The molecule has 4 heteroatoms. The molecule has 2 atom stereocenters. The third-order valence-electron chi connectivity index (χ3n) is 2.26. The van der Waals surface area contributed by atoms with Gasteiger partial charge in [0.1, 0.15) is 8.07 Å². The van der Waals surface area contributed by atoms with Gasteiger partial charge >= 0.3 is 5.97 Å². The average Bonchev–Trinajstić information content (AvgIpc) is 2.24. The van der Waals surface area contributed by atoms with Crippen molar-refractivity contribution in [3.05, 3.63) is 11.6 Å². The standard InChI is InChI=1S/C13H22O3Si/c1-10(8-7-9-17(4,5)6)12(14)11(2)13(15)16-3/h8,11-12,14H,1-6H3/b10-8+/t11-,12+/m0/s1. The Balaban J connectivity index is 4.69. The Morgan fingerprint density at radius 1 is 1.41 bits per heavy atom. The van der Waals surface area contributed by atoms with E-state index in [0.29, 0.717) is 5.57 Å². The maximum Gasteiger partial charge on any atom is 0.311 e. The van der Waals surface area contributed by atoms with Crippen molar-refractivity contribution < 1.29 is 14.6 Å². The molecule has 0 fully saturated rings. The van der Waals surface area contributed by atoms with Gasteiger partial charge in [0.2, 0.25) is 0 Å². The fraction of sp³-hybridized carbons (Fsp3) is 0.615. The molecule has 0 bridgehead atoms. The van der Waals surface area contributed by atoms with Gasteiger partial charge in [-0.25, -0.2) is 0 Å². The van der Waals surface area contributed by atoms with Crippen LogP contribution in [-0.4, -0.2) is 32.4 Å². The number of aliphatic hydroxyl groups is 1. The first-order chi connectivity index (χ1) is 7.69. The molecule has 0 aliphatic rings. The number of carbonyl (C=O) groups excluding carboxylic acids is 1. The Labute approximate surface area is 105 Å². The number of rotatable bonds is 3. The number of hydrogen-bond acceptors (Lipinski definition) is 3. The summed E-state index contributed by atoms with van der Waals surface area (Å²) in [5.41, 5.74) is 3.86. The molecule has 0 aliphatic heterocycles. The van der Waals surface area contributed by atoms with E-state index in [1.807, 2.05) is 0 Å². The van der Waals surface area contributed by atoms with Crippen molar-refractivity contribution in [3.63, 3.8) is 0 Å². The van der Waals surface area contributed by atoms with Crippen molar-refractivity contribution in [1.82, 2.24) is 0 Å². The van der Waals surface area contributed by atoms with E-state index < -0.39 is 26.1 Å². The SMILES string of the molecule is COC(=O)[C@@H](C)[C@H](O)/C(C)=C/C#C[Si](C)(C)C. The highest BCUT2D eigenvalue weighted by atomic mass is 28.3. The van der Waals surface area contributed by atoms with Crippen molar-refractivity contribution in [3.8, 4) is 11.5 Å². The summed E-state index contributed by atoms with van der Waals surface area (Å²) in [6.07, 6.45) is 0.848. The second-order valence-electron chi connectivity index (χ2n) is 5.16. The topological polar surface area (TPSA) is 46.5 Å². The van der Waals surface area contributed by atoms with Gasteiger partial charge in [-0.05, 0) is 25.5 Å². The molecule has 0 spiro atoms. The summed E-state index contributed by atoms with van der Waals surface area (Å²) >= 11 is 0. The molecule has 17 heavy (non-hydrogen) atoms. The average molecular weight is 254 g/mol. The summed E-state index contributed by atoms with van der Waals surface area (Å²) in [5, 5.41) is 9.89. The number of hydrogen-bond donors (Lipinski definition) is 1. The maximum atomic E-state index is 11.3. The third-order valence-corrected chi connectivity index (χ3v) is 3.15. The number of allylic oxidation sites excluding steroid dienone is 1. The van der Waals surface area contributed by atoms with Gasteiger partial charge in [0.05, 0.1) is 19.1 Å². The zero-order valence-corrected chi connectivity index (χ0v) is 12.5. The van der Waals surface area contributed by atoms with Crippen LogP contribution in [0.4, 0.5) is 0 Å². The lowest BCUT2D eigenvalue weighted by molar-refractivity contribution is -0.147. The quantitative estimate of drug-likeness (QED) is 0.476. The Bertz CT molecular complexity index is 355. The van der Waals surface area contributed by atoms with E-state index in [-0.39, 0.29) is 0 Å². The van der Waals surface area contributed by atoms with E-state index in [2.05, 4.69) is 35.8 Å². The van der Waals surface area contributed by atoms with E-state index in [4.69, 9.17) is 0 Å². The minimum Gasteiger partial charge on any atom is -0.469 e. The van der Waals surface area contributed by atoms with Crippen molar-refractivity contribution in [1.29, 1.82) is 0 Å². The van der Waals surface area contributed by atoms with Gasteiger partial charge in [0.15, 0.2) is 0 Å². The normalized spacial score (nSPS) is 15.6. The van der Waals surface area contributed by atoms with Gasteiger partial charge in [-0.1, -0.05) is 25.6 Å². The van der Waals surface area contributed by atoms with Crippen LogP contribution in [0.1, 0.15) is 13.8 Å². The maximum absolute atomic E-state index is 11.3. The van der Waals surface area contributed by atoms with Crippen molar-refractivity contribution >= 4 is 14.0 Å². The van der Waals surface area contributed by atoms with Gasteiger partial charge in [0, 0.05) is 0 Å². The summed E-state index contributed by atoms with van der Waals surface area (Å²) in [7, 11) is -0.0786. The molecule has 1 N–H and O–H groups in total. The minimum atomic E-state index is -1.39. The van der Waals surface area contributed by atoms with Gasteiger partial charge in [-0.15, -0.1) is 5.54 Å². The van der Waals surface area contributed by atoms with Crippen LogP contribution in [-0.2, 0) is 9.53 Å². The second-order valence-corrected chi connectivity index (χ2v) is 9.91. The summed E-state index contributed by atoms with van der Waals surface area (Å²) in [6, 6.07) is 0. The number of esters is 1. The van der Waals surface area contributed by atoms with E-state index in [1.165, 1.54) is 7.11 Å². The van der Waals surface area contributed by atoms with Crippen LogP contribution in [0, 0.1) is 17.4 Å². The van der Waals surface area contributed by atoms with E-state index in [9.17, 15) is 9.90 Å². The Hall–Kier alpha value is -1.05. The van der Waals surface area contributed by atoms with Crippen molar-refractivity contribution in [2.24, 2.45) is 5.92 Å². The van der Waals surface area contributed by atoms with Gasteiger partial charge in [0.25, 0.3) is 0 Å². The Morgan fingerprint density at radius 2 is 1.94 bits per heavy atom. The molecule has 0 rings (SSSR count). The predicted molar refractivity (Wildman–Crippen MR) is 72.1 cm³/mol. The zero-order valence-electron chi connectivity index (χ0n) is 11.5. The molecule has 0 aromatic carbocycles. The Kier molecular flexibility index (Phi) is 6.22. The van der Waals surface area contributed by atoms with E-state index in [0.717, 1.165) is 0 Å². The molecule has 0 aromatic heterocycles. The number of aliphatic hydroxyl groups excluding tert-OH is 1. The smallest absolute Gasteiger partial charge is 0.311 e. The molecule has 0 amide bonds. The molecule has 0 radical (unpaired) electrons. The summed E-state index contributed by atoms with van der Waals surface area (Å²) in [4.78, 5) is 11.3. The van der Waals surface area contributed by atoms with Crippen LogP contribution in [0.15, 0.2) is 11.6 Å². The van der Waals surface area contributed by atoms with Crippen molar-refractivity contribution in [2.45, 2.75) is 39.6 Å². The molecule has 3 nitrogen and oxygen atoms in total. The molecule has 0 saturated heterocycles. The molecular weight excluding hydrogens is 232 g/mol. The molecule has 0 aliphatic carbocycles. The van der Waals surface area contributed by atoms with E-state index in [1.54, 1.807) is 19.9 Å². The van der Waals surface area contributed by atoms with Gasteiger partial charge in [-0.3, -0.25) is 4.79 Å². The van der Waals surface area contributed by atoms with Crippen LogP contribution < -0.4 is 0 Å². The van der Waals surface area contributed by atoms with Crippen LogP contribution >= 0.6 is 0 Å². The lowest BCUT2D eigenvalue weighted by Crippen LogP contribution is -2.27. The van der Waals surface area contributed by atoms with Gasteiger partial charge in [-0.2, -0.15) is 0 Å². The third kappa shape index (κ3) is 6.30. The lowest BCUT2D eigenvalue weighted by atomic mass is 9.98. The largest absolute Gasteiger partial charge is 0.469 e. The number of ether oxygens (including phenoxy) is 1. The summed E-state index contributed by atoms with van der Waals surface area (Å²) in [5.74, 6) is 1.98. The minimum absolute atomic E-state index is 0.414. The molecule has 0 heterocycles. The Morgan fingerprint density at radius 3 is 2.35 bits per heavy atom. The van der Waals surface area contributed by atoms with Crippen LogP contribution in [0.2, 0.25) is 19.6 Å². The highest BCUT2D eigenvalue weighted by Crippen LogP contribution is 2.13. The zero-order chi connectivity index (χ0) is 13.6. The highest BCUT2D eigenvalue weighted by molar-refractivity contribution is 6.83. The van der Waals surface area contributed by atoms with Crippen LogP contribution in [0.25, 0.3) is 0 Å². The number of carbonyl (C=O) groups is 1. The van der Waals surface area contributed by atoms with Crippen LogP contribution in [0.5, 0.6) is 0 Å². The van der Waals surface area contributed by atoms with Gasteiger partial charge < -0.3 is 9.84 Å². The monoisotopic (exact) mass is 254 g/mol. The summed E-state index contributed by atoms with van der Waals surface area (Å²) < 4.78 is 4.59.